The lowest BCUT2D eigenvalue weighted by Crippen LogP contribution is -2.45. The van der Waals surface area contributed by atoms with Crippen LogP contribution in [-0.2, 0) is 4.79 Å². The van der Waals surface area contributed by atoms with Gasteiger partial charge in [0.05, 0.1) is 12.6 Å². The molecule has 0 aliphatic rings. The van der Waals surface area contributed by atoms with Gasteiger partial charge in [-0.2, -0.15) is 0 Å². The molecule has 0 aliphatic heterocycles. The first kappa shape index (κ1) is 10.4. The van der Waals surface area contributed by atoms with Gasteiger partial charge in [0.2, 0.25) is 5.91 Å². The minimum Gasteiger partial charge on any atom is -0.394 e. The number of aliphatic hydroxyl groups is 1. The lowest BCUT2D eigenvalue weighted by atomic mass is 10.3. The molecular weight excluding hydrogens is 144 g/mol. The van der Waals surface area contributed by atoms with Crippen LogP contribution >= 0.6 is 0 Å². The lowest BCUT2D eigenvalue weighted by Gasteiger charge is -2.14. The Balaban J connectivity index is 3.68. The molecule has 0 aromatic heterocycles. The number of rotatable bonds is 4. The molecule has 0 saturated carbocycles. The predicted octanol–water partition coefficient (Wildman–Crippen LogP) is -0.909. The molecule has 0 heterocycles. The highest BCUT2D eigenvalue weighted by Gasteiger charge is 2.11. The molecule has 0 aliphatic carbocycles. The monoisotopic (exact) mass is 160 g/mol. The molecule has 4 nitrogen and oxygen atoms in total. The zero-order valence-corrected chi connectivity index (χ0v) is 7.22. The van der Waals surface area contributed by atoms with Gasteiger partial charge in [-0.05, 0) is 20.9 Å². The summed E-state index contributed by atoms with van der Waals surface area (Å²) in [4.78, 5) is 11.1. The van der Waals surface area contributed by atoms with Gasteiger partial charge < -0.3 is 15.7 Å². The number of hydrogen-bond donors (Lipinski definition) is 3. The Hall–Kier alpha value is -0.610. The number of nitrogens with one attached hydrogen (secondary N) is 2. The number of likely N-dealkylation sites (N-methyl/N-ethyl adjacent to an activating group) is 1. The minimum atomic E-state index is -0.205. The molecule has 0 aromatic carbocycles. The molecule has 1 unspecified atom stereocenters. The van der Waals surface area contributed by atoms with Crippen molar-refractivity contribution in [1.29, 1.82) is 0 Å². The maximum atomic E-state index is 11.1. The second-order valence-corrected chi connectivity index (χ2v) is 2.60. The summed E-state index contributed by atoms with van der Waals surface area (Å²) >= 11 is 0. The average Bonchev–Trinajstić information content (AvgIpc) is 2.02. The Labute approximate surface area is 67.0 Å². The standard InChI is InChI=1S/C7H16N2O2/c1-5(4-10)9-7(11)6(2)8-3/h5-6,8,10H,4H2,1-3H3,(H,9,11)/t5-,6?/m0/s1. The molecule has 0 fully saturated rings. The zero-order chi connectivity index (χ0) is 8.85. The van der Waals surface area contributed by atoms with Gasteiger partial charge in [-0.25, -0.2) is 0 Å². The van der Waals surface area contributed by atoms with E-state index in [0.717, 1.165) is 0 Å². The third-order valence-corrected chi connectivity index (χ3v) is 1.49. The summed E-state index contributed by atoms with van der Waals surface area (Å²) in [5.74, 6) is -0.0888. The second kappa shape index (κ2) is 5.09. The van der Waals surface area contributed by atoms with Crippen LogP contribution in [0.25, 0.3) is 0 Å². The van der Waals surface area contributed by atoms with E-state index < -0.39 is 0 Å². The van der Waals surface area contributed by atoms with Gasteiger partial charge in [-0.1, -0.05) is 0 Å². The maximum absolute atomic E-state index is 11.1. The quantitative estimate of drug-likeness (QED) is 0.499. The highest BCUT2D eigenvalue weighted by molar-refractivity contribution is 5.81. The number of hydrogen-bond acceptors (Lipinski definition) is 3. The van der Waals surface area contributed by atoms with Crippen molar-refractivity contribution in [3.63, 3.8) is 0 Å². The fourth-order valence-electron chi connectivity index (χ4n) is 0.545. The first-order valence-corrected chi connectivity index (χ1v) is 3.70. The van der Waals surface area contributed by atoms with Crippen molar-refractivity contribution < 1.29 is 9.90 Å². The van der Waals surface area contributed by atoms with Crippen LogP contribution in [0.4, 0.5) is 0 Å². The molecular formula is C7H16N2O2. The number of amides is 1. The van der Waals surface area contributed by atoms with Crippen LogP contribution in [0, 0.1) is 0 Å². The Morgan fingerprint density at radius 2 is 2.09 bits per heavy atom. The summed E-state index contributed by atoms with van der Waals surface area (Å²) < 4.78 is 0. The molecule has 0 rings (SSSR count). The second-order valence-electron chi connectivity index (χ2n) is 2.60. The highest BCUT2D eigenvalue weighted by atomic mass is 16.3. The highest BCUT2D eigenvalue weighted by Crippen LogP contribution is 1.83. The molecule has 0 radical (unpaired) electrons. The predicted molar refractivity (Wildman–Crippen MR) is 43.2 cm³/mol. The Bertz CT molecular complexity index is 128. The van der Waals surface area contributed by atoms with E-state index in [2.05, 4.69) is 10.6 Å². The van der Waals surface area contributed by atoms with Crippen molar-refractivity contribution in [3.8, 4) is 0 Å². The molecule has 1 amide bonds. The lowest BCUT2D eigenvalue weighted by molar-refractivity contribution is -0.123. The van der Waals surface area contributed by atoms with E-state index >= 15 is 0 Å². The summed E-state index contributed by atoms with van der Waals surface area (Å²) in [7, 11) is 1.72. The van der Waals surface area contributed by atoms with Gasteiger partial charge in [0.25, 0.3) is 0 Å². The van der Waals surface area contributed by atoms with E-state index in [0.29, 0.717) is 0 Å². The van der Waals surface area contributed by atoms with Crippen LogP contribution in [0.15, 0.2) is 0 Å². The van der Waals surface area contributed by atoms with Gasteiger partial charge >= 0.3 is 0 Å². The van der Waals surface area contributed by atoms with E-state index in [4.69, 9.17) is 5.11 Å². The molecule has 11 heavy (non-hydrogen) atoms. The molecule has 66 valence electrons. The van der Waals surface area contributed by atoms with Crippen LogP contribution in [0.5, 0.6) is 0 Å². The van der Waals surface area contributed by atoms with Crippen molar-refractivity contribution in [3.05, 3.63) is 0 Å². The SMILES string of the molecule is CNC(C)C(=O)N[C@@H](C)CO. The summed E-state index contributed by atoms with van der Waals surface area (Å²) in [5.41, 5.74) is 0. The summed E-state index contributed by atoms with van der Waals surface area (Å²) in [5, 5.41) is 14.0. The summed E-state index contributed by atoms with van der Waals surface area (Å²) in [6.07, 6.45) is 0. The van der Waals surface area contributed by atoms with Gasteiger partial charge in [-0.3, -0.25) is 4.79 Å². The topological polar surface area (TPSA) is 61.4 Å². The third kappa shape index (κ3) is 3.95. The number of aliphatic hydroxyl groups excluding tert-OH is 1. The normalized spacial score (nSPS) is 15.6. The fourth-order valence-corrected chi connectivity index (χ4v) is 0.545. The third-order valence-electron chi connectivity index (χ3n) is 1.49. The van der Waals surface area contributed by atoms with E-state index in [1.165, 1.54) is 0 Å². The van der Waals surface area contributed by atoms with Gasteiger partial charge in [0, 0.05) is 6.04 Å². The van der Waals surface area contributed by atoms with Gasteiger partial charge in [0.15, 0.2) is 0 Å². The molecule has 4 heteroatoms. The van der Waals surface area contributed by atoms with E-state index in [1.54, 1.807) is 20.9 Å². The molecule has 3 N–H and O–H groups in total. The maximum Gasteiger partial charge on any atom is 0.237 e. The Morgan fingerprint density at radius 3 is 2.45 bits per heavy atom. The van der Waals surface area contributed by atoms with Crippen molar-refractivity contribution in [1.82, 2.24) is 10.6 Å². The number of carbonyl (C=O) groups is 1. The fraction of sp³-hybridized carbons (Fsp3) is 0.857. The Morgan fingerprint density at radius 1 is 1.55 bits per heavy atom. The summed E-state index contributed by atoms with van der Waals surface area (Å²) in [6.45, 7) is 3.49. The van der Waals surface area contributed by atoms with Crippen LogP contribution in [0.2, 0.25) is 0 Å². The first-order valence-electron chi connectivity index (χ1n) is 3.70. The smallest absolute Gasteiger partial charge is 0.237 e. The number of carbonyl (C=O) groups excluding carboxylic acids is 1. The zero-order valence-electron chi connectivity index (χ0n) is 7.22. The van der Waals surface area contributed by atoms with E-state index in [1.807, 2.05) is 0 Å². The van der Waals surface area contributed by atoms with Crippen LogP contribution < -0.4 is 10.6 Å². The van der Waals surface area contributed by atoms with Crippen molar-refractivity contribution in [2.24, 2.45) is 0 Å². The van der Waals surface area contributed by atoms with E-state index in [9.17, 15) is 4.79 Å². The van der Waals surface area contributed by atoms with Gasteiger partial charge in [0.1, 0.15) is 0 Å². The van der Waals surface area contributed by atoms with Crippen LogP contribution in [0.1, 0.15) is 13.8 Å². The van der Waals surface area contributed by atoms with Crippen molar-refractivity contribution in [2.45, 2.75) is 25.9 Å². The molecule has 0 spiro atoms. The largest absolute Gasteiger partial charge is 0.394 e. The minimum absolute atomic E-state index is 0.0256. The average molecular weight is 160 g/mol. The van der Waals surface area contributed by atoms with E-state index in [-0.39, 0.29) is 24.6 Å². The molecule has 0 bridgehead atoms. The molecule has 2 atom stereocenters. The summed E-state index contributed by atoms with van der Waals surface area (Å²) in [6, 6.07) is -0.373. The van der Waals surface area contributed by atoms with Crippen molar-refractivity contribution >= 4 is 5.91 Å². The molecule has 0 saturated heterocycles. The first-order chi connectivity index (χ1) is 5.11. The van der Waals surface area contributed by atoms with Crippen molar-refractivity contribution in [2.75, 3.05) is 13.7 Å². The Kier molecular flexibility index (Phi) is 4.81. The molecule has 0 aromatic rings. The van der Waals surface area contributed by atoms with Crippen LogP contribution in [-0.4, -0.2) is 36.8 Å². The van der Waals surface area contributed by atoms with Crippen LogP contribution in [0.3, 0.4) is 0 Å². The van der Waals surface area contributed by atoms with Gasteiger partial charge in [-0.15, -0.1) is 0 Å².